The van der Waals surface area contributed by atoms with Gasteiger partial charge in [-0.1, -0.05) is 19.9 Å². The number of nitrogens with one attached hydrogen (secondary N) is 1. The minimum absolute atomic E-state index is 0.259. The Morgan fingerprint density at radius 1 is 1.33 bits per heavy atom. The Bertz CT molecular complexity index is 313. The highest BCUT2D eigenvalue weighted by atomic mass is 16.3. The van der Waals surface area contributed by atoms with E-state index < -0.39 is 0 Å². The van der Waals surface area contributed by atoms with Crippen LogP contribution in [-0.4, -0.2) is 41.2 Å². The third kappa shape index (κ3) is 5.47. The fourth-order valence-corrected chi connectivity index (χ4v) is 1.78. The van der Waals surface area contributed by atoms with Crippen LogP contribution in [0.5, 0.6) is 0 Å². The fourth-order valence-electron chi connectivity index (χ4n) is 1.78. The molecule has 4 nitrogen and oxygen atoms in total. The van der Waals surface area contributed by atoms with E-state index in [1.54, 1.807) is 0 Å². The predicted octanol–water partition coefficient (Wildman–Crippen LogP) is 2.11. The summed E-state index contributed by atoms with van der Waals surface area (Å²) in [6, 6.07) is 4.15. The molecule has 0 saturated carbocycles. The highest BCUT2D eigenvalue weighted by Crippen LogP contribution is 2.08. The van der Waals surface area contributed by atoms with Crippen LogP contribution in [0.2, 0.25) is 0 Å². The fraction of sp³-hybridized carbons (Fsp3) is 0.643. The first-order chi connectivity index (χ1) is 8.80. The first kappa shape index (κ1) is 14.9. The Morgan fingerprint density at radius 2 is 2.17 bits per heavy atom. The van der Waals surface area contributed by atoms with E-state index >= 15 is 0 Å². The Hall–Kier alpha value is -1.13. The molecule has 0 fully saturated rings. The summed E-state index contributed by atoms with van der Waals surface area (Å²) < 4.78 is 0. The van der Waals surface area contributed by atoms with Gasteiger partial charge < -0.3 is 10.4 Å². The summed E-state index contributed by atoms with van der Waals surface area (Å²) in [5, 5.41) is 12.1. The van der Waals surface area contributed by atoms with Gasteiger partial charge in [0, 0.05) is 32.4 Å². The lowest BCUT2D eigenvalue weighted by atomic mass is 10.2. The molecule has 0 radical (unpaired) electrons. The van der Waals surface area contributed by atoms with Crippen LogP contribution in [0.15, 0.2) is 18.3 Å². The van der Waals surface area contributed by atoms with Gasteiger partial charge in [0.05, 0.1) is 0 Å². The van der Waals surface area contributed by atoms with Crippen LogP contribution >= 0.6 is 0 Å². The second-order valence-electron chi connectivity index (χ2n) is 4.42. The van der Waals surface area contributed by atoms with E-state index in [2.05, 4.69) is 35.1 Å². The zero-order valence-corrected chi connectivity index (χ0v) is 11.5. The lowest BCUT2D eigenvalue weighted by molar-refractivity contribution is 0.225. The van der Waals surface area contributed by atoms with Gasteiger partial charge in [0.25, 0.3) is 0 Å². The summed E-state index contributed by atoms with van der Waals surface area (Å²) >= 11 is 0. The Labute approximate surface area is 110 Å². The van der Waals surface area contributed by atoms with Gasteiger partial charge in [-0.25, -0.2) is 4.98 Å². The third-order valence-corrected chi connectivity index (χ3v) is 2.87. The summed E-state index contributed by atoms with van der Waals surface area (Å²) in [6.45, 7) is 8.33. The van der Waals surface area contributed by atoms with Crippen LogP contribution in [0.4, 0.5) is 5.82 Å². The number of hydrogen-bond donors (Lipinski definition) is 2. The van der Waals surface area contributed by atoms with E-state index in [-0.39, 0.29) is 6.61 Å². The van der Waals surface area contributed by atoms with E-state index in [1.165, 1.54) is 5.56 Å². The summed E-state index contributed by atoms with van der Waals surface area (Å²) in [4.78, 5) is 6.71. The SMILES string of the molecule is CCCNc1ccc(CN(CC)CCCO)cn1. The van der Waals surface area contributed by atoms with Crippen molar-refractivity contribution in [1.29, 1.82) is 0 Å². The molecular weight excluding hydrogens is 226 g/mol. The van der Waals surface area contributed by atoms with Crippen molar-refractivity contribution in [1.82, 2.24) is 9.88 Å². The second kappa shape index (κ2) is 8.89. The number of hydrogen-bond acceptors (Lipinski definition) is 4. The number of aromatic nitrogens is 1. The van der Waals surface area contributed by atoms with Crippen molar-refractivity contribution < 1.29 is 5.11 Å². The van der Waals surface area contributed by atoms with Gasteiger partial charge >= 0.3 is 0 Å². The molecule has 1 heterocycles. The smallest absolute Gasteiger partial charge is 0.125 e. The van der Waals surface area contributed by atoms with Gasteiger partial charge in [-0.15, -0.1) is 0 Å². The van der Waals surface area contributed by atoms with Gasteiger partial charge in [0.15, 0.2) is 0 Å². The zero-order valence-electron chi connectivity index (χ0n) is 11.5. The molecule has 0 aromatic carbocycles. The molecule has 0 aliphatic heterocycles. The number of anilines is 1. The van der Waals surface area contributed by atoms with E-state index in [0.717, 1.165) is 44.8 Å². The van der Waals surface area contributed by atoms with Crippen LogP contribution in [0.25, 0.3) is 0 Å². The number of pyridine rings is 1. The number of aliphatic hydroxyl groups is 1. The average Bonchev–Trinajstić information content (AvgIpc) is 2.42. The maximum Gasteiger partial charge on any atom is 0.125 e. The Morgan fingerprint density at radius 3 is 2.72 bits per heavy atom. The molecular formula is C14H25N3O. The lowest BCUT2D eigenvalue weighted by Gasteiger charge is -2.19. The average molecular weight is 251 g/mol. The molecule has 4 heteroatoms. The molecule has 2 N–H and O–H groups in total. The summed E-state index contributed by atoms with van der Waals surface area (Å²) in [7, 11) is 0. The molecule has 0 spiro atoms. The molecule has 0 aliphatic carbocycles. The number of aliphatic hydroxyl groups excluding tert-OH is 1. The molecule has 1 aromatic heterocycles. The first-order valence-electron chi connectivity index (χ1n) is 6.82. The van der Waals surface area contributed by atoms with Crippen LogP contribution in [0.1, 0.15) is 32.3 Å². The minimum atomic E-state index is 0.259. The monoisotopic (exact) mass is 251 g/mol. The molecule has 0 unspecified atom stereocenters. The molecule has 0 saturated heterocycles. The van der Waals surface area contributed by atoms with E-state index in [4.69, 9.17) is 5.11 Å². The molecule has 0 atom stereocenters. The molecule has 18 heavy (non-hydrogen) atoms. The van der Waals surface area contributed by atoms with Crippen LogP contribution in [0, 0.1) is 0 Å². The third-order valence-electron chi connectivity index (χ3n) is 2.87. The first-order valence-corrected chi connectivity index (χ1v) is 6.82. The van der Waals surface area contributed by atoms with Crippen molar-refractivity contribution in [3.05, 3.63) is 23.9 Å². The molecule has 1 rings (SSSR count). The van der Waals surface area contributed by atoms with Crippen molar-refractivity contribution in [2.45, 2.75) is 33.2 Å². The second-order valence-corrected chi connectivity index (χ2v) is 4.42. The van der Waals surface area contributed by atoms with Crippen LogP contribution < -0.4 is 5.32 Å². The number of nitrogens with zero attached hydrogens (tertiary/aromatic N) is 2. The predicted molar refractivity (Wildman–Crippen MR) is 75.7 cm³/mol. The number of rotatable bonds is 9. The van der Waals surface area contributed by atoms with Crippen molar-refractivity contribution in [2.75, 3.05) is 31.6 Å². The van der Waals surface area contributed by atoms with Crippen molar-refractivity contribution >= 4 is 5.82 Å². The highest BCUT2D eigenvalue weighted by molar-refractivity contribution is 5.35. The van der Waals surface area contributed by atoms with Gasteiger partial charge in [0.1, 0.15) is 5.82 Å². The standard InChI is InChI=1S/C14H25N3O/c1-3-8-15-14-7-6-13(11-16-14)12-17(4-2)9-5-10-18/h6-7,11,18H,3-5,8-10,12H2,1-2H3,(H,15,16). The van der Waals surface area contributed by atoms with Gasteiger partial charge in [-0.05, 0) is 31.0 Å². The molecule has 102 valence electrons. The molecule has 0 amide bonds. The summed E-state index contributed by atoms with van der Waals surface area (Å²) in [5.41, 5.74) is 1.22. The quantitative estimate of drug-likeness (QED) is 0.705. The lowest BCUT2D eigenvalue weighted by Crippen LogP contribution is -2.24. The normalized spacial score (nSPS) is 10.9. The van der Waals surface area contributed by atoms with E-state index in [0.29, 0.717) is 0 Å². The van der Waals surface area contributed by atoms with Crippen molar-refractivity contribution in [3.63, 3.8) is 0 Å². The van der Waals surface area contributed by atoms with Crippen LogP contribution in [0.3, 0.4) is 0 Å². The summed E-state index contributed by atoms with van der Waals surface area (Å²) in [5.74, 6) is 0.944. The molecule has 0 bridgehead atoms. The largest absolute Gasteiger partial charge is 0.396 e. The Balaban J connectivity index is 2.45. The summed E-state index contributed by atoms with van der Waals surface area (Å²) in [6.07, 6.45) is 3.87. The highest BCUT2D eigenvalue weighted by Gasteiger charge is 2.03. The molecule has 1 aromatic rings. The van der Waals surface area contributed by atoms with E-state index in [1.807, 2.05) is 12.3 Å². The minimum Gasteiger partial charge on any atom is -0.396 e. The Kier molecular flexibility index (Phi) is 7.37. The molecule has 0 aliphatic rings. The van der Waals surface area contributed by atoms with Crippen molar-refractivity contribution in [3.8, 4) is 0 Å². The van der Waals surface area contributed by atoms with Gasteiger partial charge in [0.2, 0.25) is 0 Å². The van der Waals surface area contributed by atoms with Crippen molar-refractivity contribution in [2.24, 2.45) is 0 Å². The van der Waals surface area contributed by atoms with Gasteiger partial charge in [-0.3, -0.25) is 4.90 Å². The van der Waals surface area contributed by atoms with E-state index in [9.17, 15) is 0 Å². The zero-order chi connectivity index (χ0) is 13.2. The van der Waals surface area contributed by atoms with Gasteiger partial charge in [-0.2, -0.15) is 0 Å². The maximum atomic E-state index is 8.85. The van der Waals surface area contributed by atoms with Crippen LogP contribution in [-0.2, 0) is 6.54 Å². The topological polar surface area (TPSA) is 48.4 Å². The maximum absolute atomic E-state index is 8.85.